The Balaban J connectivity index is 1.27. The second kappa shape index (κ2) is 14.3. The van der Waals surface area contributed by atoms with Crippen molar-refractivity contribution in [3.63, 3.8) is 0 Å². The van der Waals surface area contributed by atoms with Gasteiger partial charge in [-0.3, -0.25) is 14.6 Å². The average Bonchev–Trinajstić information content (AvgIpc) is 3.72. The summed E-state index contributed by atoms with van der Waals surface area (Å²) in [6, 6.07) is 13.7. The molecule has 12 heteroatoms. The summed E-state index contributed by atoms with van der Waals surface area (Å²) in [5.41, 5.74) is 6.11. The predicted molar refractivity (Wildman–Crippen MR) is 195 cm³/mol. The molecule has 49 heavy (non-hydrogen) atoms. The molecule has 0 aliphatic carbocycles. The number of aromatic nitrogens is 4. The van der Waals surface area contributed by atoms with Crippen molar-refractivity contribution in [2.45, 2.75) is 103 Å². The number of benzene rings is 2. The third-order valence-electron chi connectivity index (χ3n) is 9.46. The maximum Gasteiger partial charge on any atom is 0.229 e. The van der Waals surface area contributed by atoms with Crippen molar-refractivity contribution in [2.75, 3.05) is 23.7 Å². The number of aliphatic imine (C=N–C) groups is 1. The summed E-state index contributed by atoms with van der Waals surface area (Å²) in [7, 11) is -3.54. The molecule has 1 atom stereocenters. The van der Waals surface area contributed by atoms with Crippen LogP contribution in [0.5, 0.6) is 5.75 Å². The van der Waals surface area contributed by atoms with Crippen LogP contribution in [-0.4, -0.2) is 69.3 Å². The number of likely N-dealkylation sites (tertiary alicyclic amines) is 1. The topological polar surface area (TPSA) is 127 Å². The minimum absolute atomic E-state index is 0.0327. The molecule has 1 saturated heterocycles. The molecule has 6 rings (SSSR count). The Hall–Kier alpha value is -4.29. The molecule has 2 aliphatic heterocycles. The van der Waals surface area contributed by atoms with Crippen molar-refractivity contribution >= 4 is 38.7 Å². The van der Waals surface area contributed by atoms with E-state index in [1.54, 1.807) is 32.0 Å². The van der Waals surface area contributed by atoms with Gasteiger partial charge in [0.1, 0.15) is 11.6 Å². The first-order valence-corrected chi connectivity index (χ1v) is 18.8. The summed E-state index contributed by atoms with van der Waals surface area (Å²) in [5.74, 6) is 2.08. The van der Waals surface area contributed by atoms with Gasteiger partial charge in [-0.2, -0.15) is 10.1 Å². The molecule has 2 aromatic carbocycles. The van der Waals surface area contributed by atoms with Crippen LogP contribution in [-0.2, 0) is 22.9 Å². The number of aryl methyl sites for hydroxylation is 1. The van der Waals surface area contributed by atoms with E-state index in [2.05, 4.69) is 51.6 Å². The van der Waals surface area contributed by atoms with Crippen LogP contribution in [0.25, 0.3) is 0 Å². The predicted octanol–water partition coefficient (Wildman–Crippen LogP) is 7.03. The quantitative estimate of drug-likeness (QED) is 0.162. The molecule has 0 amide bonds. The summed E-state index contributed by atoms with van der Waals surface area (Å²) in [6.45, 7) is 17.2. The summed E-state index contributed by atoms with van der Waals surface area (Å²) < 4.78 is 34.8. The molecule has 11 nitrogen and oxygen atoms in total. The summed E-state index contributed by atoms with van der Waals surface area (Å²) in [5, 5.41) is 10.6. The van der Waals surface area contributed by atoms with Gasteiger partial charge in [-0.1, -0.05) is 12.1 Å². The number of piperidine rings is 1. The summed E-state index contributed by atoms with van der Waals surface area (Å²) >= 11 is 0. The van der Waals surface area contributed by atoms with E-state index < -0.39 is 15.1 Å². The van der Waals surface area contributed by atoms with Crippen LogP contribution in [0.1, 0.15) is 82.7 Å². The van der Waals surface area contributed by atoms with E-state index >= 15 is 0 Å². The number of anilines is 4. The van der Waals surface area contributed by atoms with E-state index in [1.807, 2.05) is 50.0 Å². The van der Waals surface area contributed by atoms with Gasteiger partial charge in [0.05, 0.1) is 52.0 Å². The van der Waals surface area contributed by atoms with Crippen molar-refractivity contribution in [3.05, 3.63) is 77.2 Å². The van der Waals surface area contributed by atoms with Gasteiger partial charge in [-0.15, -0.1) is 0 Å². The number of para-hydroxylation sites is 1. The number of fused-ring (bicyclic) bond motifs is 1. The second-order valence-corrected chi connectivity index (χ2v) is 16.2. The number of nitrogens with zero attached hydrogens (tertiary/aromatic N) is 6. The van der Waals surface area contributed by atoms with E-state index in [4.69, 9.17) is 14.7 Å². The van der Waals surface area contributed by atoms with Crippen LogP contribution >= 0.6 is 0 Å². The Labute approximate surface area is 290 Å². The number of hydrogen-bond acceptors (Lipinski definition) is 10. The van der Waals surface area contributed by atoms with E-state index in [0.29, 0.717) is 36.0 Å². The molecule has 260 valence electrons. The fourth-order valence-corrected chi connectivity index (χ4v) is 7.98. The number of rotatable bonds is 12. The fraction of sp³-hybridized carbons (Fsp3) is 0.459. The van der Waals surface area contributed by atoms with Crippen molar-refractivity contribution in [3.8, 4) is 5.75 Å². The average molecular weight is 685 g/mol. The fourth-order valence-electron chi connectivity index (χ4n) is 6.78. The number of nitrogens with one attached hydrogen (secondary N) is 2. The highest BCUT2D eigenvalue weighted by molar-refractivity contribution is 7.92. The molecule has 4 aromatic rings. The highest BCUT2D eigenvalue weighted by Gasteiger charge is 2.28. The van der Waals surface area contributed by atoms with Gasteiger partial charge in [0.15, 0.2) is 9.84 Å². The van der Waals surface area contributed by atoms with E-state index in [-0.39, 0.29) is 11.0 Å². The first-order valence-electron chi connectivity index (χ1n) is 17.2. The minimum Gasteiger partial charge on any atom is -0.489 e. The third kappa shape index (κ3) is 7.50. The van der Waals surface area contributed by atoms with Crippen LogP contribution < -0.4 is 15.4 Å². The monoisotopic (exact) mass is 684 g/mol. The van der Waals surface area contributed by atoms with Crippen LogP contribution in [0.2, 0.25) is 0 Å². The van der Waals surface area contributed by atoms with E-state index in [0.717, 1.165) is 60.9 Å². The molecule has 0 radical (unpaired) electrons. The molecule has 2 aromatic heterocycles. The molecule has 2 aliphatic rings. The SMILES string of the molecule is CC1=NCc2nc(Nc3cc(C)c(C4CCN(C(C)Cn5cccn5)CC4)cc3OC(C)C)nc(Nc3ccccc3S(=O)(=O)C(C)C)c21. The first-order chi connectivity index (χ1) is 23.4. The van der Waals surface area contributed by atoms with Gasteiger partial charge in [0.2, 0.25) is 5.95 Å². The van der Waals surface area contributed by atoms with Gasteiger partial charge >= 0.3 is 0 Å². The zero-order valence-corrected chi connectivity index (χ0v) is 30.4. The van der Waals surface area contributed by atoms with Crippen molar-refractivity contribution in [1.82, 2.24) is 24.6 Å². The number of sulfone groups is 1. The van der Waals surface area contributed by atoms with Crippen molar-refractivity contribution in [1.29, 1.82) is 0 Å². The Kier molecular flexibility index (Phi) is 10.1. The molecule has 2 N–H and O–H groups in total. The molecule has 0 bridgehead atoms. The van der Waals surface area contributed by atoms with Crippen LogP contribution in [0.4, 0.5) is 23.1 Å². The smallest absolute Gasteiger partial charge is 0.229 e. The van der Waals surface area contributed by atoms with Gasteiger partial charge in [0.25, 0.3) is 0 Å². The Morgan fingerprint density at radius 1 is 0.959 bits per heavy atom. The van der Waals surface area contributed by atoms with Gasteiger partial charge in [-0.05, 0) is 122 Å². The zero-order valence-electron chi connectivity index (χ0n) is 29.6. The highest BCUT2D eigenvalue weighted by Crippen LogP contribution is 2.39. The van der Waals surface area contributed by atoms with Crippen LogP contribution in [0.3, 0.4) is 0 Å². The maximum atomic E-state index is 13.2. The molecule has 0 saturated carbocycles. The lowest BCUT2D eigenvalue weighted by Crippen LogP contribution is -2.41. The maximum absolute atomic E-state index is 13.2. The lowest BCUT2D eigenvalue weighted by molar-refractivity contribution is 0.146. The molecular formula is C37H48N8O3S. The van der Waals surface area contributed by atoms with Crippen LogP contribution in [0, 0.1) is 6.92 Å². The zero-order chi connectivity index (χ0) is 34.9. The number of hydrogen-bond donors (Lipinski definition) is 2. The summed E-state index contributed by atoms with van der Waals surface area (Å²) in [4.78, 5) is 17.2. The Morgan fingerprint density at radius 3 is 2.41 bits per heavy atom. The van der Waals surface area contributed by atoms with Crippen molar-refractivity contribution < 1.29 is 13.2 Å². The van der Waals surface area contributed by atoms with Crippen LogP contribution in [0.15, 0.2) is 64.7 Å². The normalized spacial score (nSPS) is 16.1. The van der Waals surface area contributed by atoms with Crippen molar-refractivity contribution in [2.24, 2.45) is 4.99 Å². The lowest BCUT2D eigenvalue weighted by Gasteiger charge is -2.36. The van der Waals surface area contributed by atoms with E-state index in [9.17, 15) is 8.42 Å². The summed E-state index contributed by atoms with van der Waals surface area (Å²) in [6.07, 6.45) is 5.98. The number of ether oxygens (including phenoxy) is 1. The van der Waals surface area contributed by atoms with E-state index in [1.165, 1.54) is 11.1 Å². The third-order valence-corrected chi connectivity index (χ3v) is 11.7. The van der Waals surface area contributed by atoms with Gasteiger partial charge in [-0.25, -0.2) is 13.4 Å². The largest absolute Gasteiger partial charge is 0.489 e. The minimum atomic E-state index is -3.54. The molecule has 4 heterocycles. The second-order valence-electron chi connectivity index (χ2n) is 13.7. The molecule has 0 spiro atoms. The van der Waals surface area contributed by atoms with Gasteiger partial charge in [0, 0.05) is 24.1 Å². The molecular weight excluding hydrogens is 637 g/mol. The first kappa shape index (κ1) is 34.6. The Morgan fingerprint density at radius 2 is 1.71 bits per heavy atom. The standard InChI is InChI=1S/C37H48N8O3S/c1-23(2)48-33-20-29(28-13-17-44(18-14-28)26(6)22-45-16-10-15-39-45)25(5)19-31(33)41-37-42-32-21-38-27(7)35(32)36(43-37)40-30-11-8-9-12-34(30)49(46,47)24(3)4/h8-12,15-16,19-20,23-24,26,28H,13-14,17-18,21-22H2,1-7H3,(H2,40,41,42,43). The Bertz CT molecular complexity index is 1930. The molecule has 1 unspecified atom stereocenters. The lowest BCUT2D eigenvalue weighted by atomic mass is 9.86. The van der Waals surface area contributed by atoms with Gasteiger partial charge < -0.3 is 15.4 Å². The molecule has 1 fully saturated rings. The highest BCUT2D eigenvalue weighted by atomic mass is 32.2.